The van der Waals surface area contributed by atoms with E-state index >= 15 is 0 Å². The molecule has 0 amide bonds. The fourth-order valence-corrected chi connectivity index (χ4v) is 1.65. The Hall–Kier alpha value is -2.30. The van der Waals surface area contributed by atoms with Crippen molar-refractivity contribution >= 4 is 22.7 Å². The lowest BCUT2D eigenvalue weighted by atomic mass is 10.0. The predicted octanol–water partition coefficient (Wildman–Crippen LogP) is 1.62. The Morgan fingerprint density at radius 3 is 2.53 bits per heavy atom. The van der Waals surface area contributed by atoms with Crippen LogP contribution in [0.5, 0.6) is 0 Å². The van der Waals surface area contributed by atoms with E-state index in [9.17, 15) is 9.59 Å². The zero-order valence-electron chi connectivity index (χ0n) is 9.43. The van der Waals surface area contributed by atoms with Crippen molar-refractivity contribution < 1.29 is 14.3 Å². The van der Waals surface area contributed by atoms with E-state index in [1.165, 1.54) is 14.0 Å². The van der Waals surface area contributed by atoms with Crippen LogP contribution in [0.15, 0.2) is 24.3 Å². The summed E-state index contributed by atoms with van der Waals surface area (Å²) in [6.45, 7) is 1.38. The van der Waals surface area contributed by atoms with Crippen LogP contribution in [0.25, 0.3) is 10.9 Å². The molecule has 0 bridgehead atoms. The smallest absolute Gasteiger partial charge is 0.359 e. The van der Waals surface area contributed by atoms with Crippen LogP contribution in [0.2, 0.25) is 0 Å². The van der Waals surface area contributed by atoms with Crippen LogP contribution in [0.3, 0.4) is 0 Å². The van der Waals surface area contributed by atoms with Gasteiger partial charge in [-0.25, -0.2) is 4.79 Å². The van der Waals surface area contributed by atoms with Gasteiger partial charge in [0.2, 0.25) is 0 Å². The number of benzene rings is 1. The second kappa shape index (κ2) is 4.29. The largest absolute Gasteiger partial charge is 0.464 e. The Labute approximate surface area is 97.4 Å². The van der Waals surface area contributed by atoms with Crippen LogP contribution in [0, 0.1) is 0 Å². The standard InChI is InChI=1S/C12H10N2O3/c1-7(15)10-8-5-3-4-6-9(8)13-14-11(10)12(16)17-2/h3-6H,1-2H3. The second-order valence-corrected chi connectivity index (χ2v) is 3.49. The third-order valence-corrected chi connectivity index (χ3v) is 2.40. The summed E-state index contributed by atoms with van der Waals surface area (Å²) in [5, 5.41) is 8.25. The quantitative estimate of drug-likeness (QED) is 0.579. The highest BCUT2D eigenvalue weighted by atomic mass is 16.5. The van der Waals surface area contributed by atoms with Crippen molar-refractivity contribution in [3.8, 4) is 0 Å². The number of ether oxygens (including phenoxy) is 1. The highest BCUT2D eigenvalue weighted by Crippen LogP contribution is 2.19. The molecule has 0 aliphatic carbocycles. The highest BCUT2D eigenvalue weighted by Gasteiger charge is 2.20. The van der Waals surface area contributed by atoms with Gasteiger partial charge in [-0.2, -0.15) is 0 Å². The van der Waals surface area contributed by atoms with Gasteiger partial charge < -0.3 is 4.74 Å². The lowest BCUT2D eigenvalue weighted by molar-refractivity contribution is 0.0589. The maximum atomic E-state index is 11.6. The number of carbonyl (C=O) groups is 2. The van der Waals surface area contributed by atoms with Crippen molar-refractivity contribution in [2.45, 2.75) is 6.92 Å². The fourth-order valence-electron chi connectivity index (χ4n) is 1.65. The molecule has 1 heterocycles. The van der Waals surface area contributed by atoms with E-state index in [-0.39, 0.29) is 17.0 Å². The van der Waals surface area contributed by atoms with Crippen molar-refractivity contribution in [1.29, 1.82) is 0 Å². The number of carbonyl (C=O) groups excluding carboxylic acids is 2. The molecule has 2 aromatic rings. The molecular formula is C12H10N2O3. The molecule has 0 saturated heterocycles. The minimum absolute atomic E-state index is 0.0429. The van der Waals surface area contributed by atoms with Gasteiger partial charge in [-0.05, 0) is 13.0 Å². The van der Waals surface area contributed by atoms with E-state index < -0.39 is 5.97 Å². The number of hydrogen-bond donors (Lipinski definition) is 0. The molecule has 0 aliphatic heterocycles. The monoisotopic (exact) mass is 230 g/mol. The molecule has 0 radical (unpaired) electrons. The molecule has 5 heteroatoms. The molecule has 0 N–H and O–H groups in total. The summed E-state index contributed by atoms with van der Waals surface area (Å²) < 4.78 is 4.58. The van der Waals surface area contributed by atoms with E-state index in [1.54, 1.807) is 24.3 Å². The third kappa shape index (κ3) is 1.87. The van der Waals surface area contributed by atoms with E-state index in [2.05, 4.69) is 14.9 Å². The molecule has 0 unspecified atom stereocenters. The van der Waals surface area contributed by atoms with Gasteiger partial charge in [0.25, 0.3) is 0 Å². The summed E-state index contributed by atoms with van der Waals surface area (Å²) in [5.74, 6) is -0.898. The van der Waals surface area contributed by atoms with E-state index in [0.29, 0.717) is 10.9 Å². The summed E-state index contributed by atoms with van der Waals surface area (Å²) in [6, 6.07) is 7.03. The second-order valence-electron chi connectivity index (χ2n) is 3.49. The summed E-state index contributed by atoms with van der Waals surface area (Å²) in [7, 11) is 1.24. The zero-order valence-corrected chi connectivity index (χ0v) is 9.43. The van der Waals surface area contributed by atoms with Gasteiger partial charge in [0.05, 0.1) is 18.2 Å². The molecule has 86 valence electrons. The topological polar surface area (TPSA) is 69.2 Å². The van der Waals surface area contributed by atoms with Gasteiger partial charge >= 0.3 is 5.97 Å². The van der Waals surface area contributed by atoms with Crippen LogP contribution in [-0.2, 0) is 4.74 Å². The zero-order chi connectivity index (χ0) is 12.4. The minimum Gasteiger partial charge on any atom is -0.464 e. The predicted molar refractivity (Wildman–Crippen MR) is 60.9 cm³/mol. The van der Waals surface area contributed by atoms with Crippen LogP contribution < -0.4 is 0 Å². The summed E-state index contributed by atoms with van der Waals surface area (Å²) in [6.07, 6.45) is 0. The number of aromatic nitrogens is 2. The third-order valence-electron chi connectivity index (χ3n) is 2.40. The van der Waals surface area contributed by atoms with Gasteiger partial charge in [0, 0.05) is 5.39 Å². The summed E-state index contributed by atoms with van der Waals surface area (Å²) >= 11 is 0. The fraction of sp³-hybridized carbons (Fsp3) is 0.167. The molecule has 1 aromatic carbocycles. The molecule has 0 aliphatic rings. The van der Waals surface area contributed by atoms with Crippen molar-refractivity contribution in [3.63, 3.8) is 0 Å². The number of rotatable bonds is 2. The maximum Gasteiger partial charge on any atom is 0.359 e. The van der Waals surface area contributed by atoms with Crippen LogP contribution >= 0.6 is 0 Å². The van der Waals surface area contributed by atoms with Crippen molar-refractivity contribution in [3.05, 3.63) is 35.5 Å². The Morgan fingerprint density at radius 2 is 1.88 bits per heavy atom. The number of esters is 1. The van der Waals surface area contributed by atoms with Crippen molar-refractivity contribution in [2.75, 3.05) is 7.11 Å². The molecule has 5 nitrogen and oxygen atoms in total. The molecule has 2 rings (SSSR count). The Bertz CT molecular complexity index is 608. The SMILES string of the molecule is COC(=O)c1nnc2ccccc2c1C(C)=O. The molecule has 1 aromatic heterocycles. The number of methoxy groups -OCH3 is 1. The summed E-state index contributed by atoms with van der Waals surface area (Å²) in [5.41, 5.74) is 0.784. The van der Waals surface area contributed by atoms with Gasteiger partial charge in [-0.15, -0.1) is 10.2 Å². The molecule has 0 fully saturated rings. The number of fused-ring (bicyclic) bond motifs is 1. The first-order valence-electron chi connectivity index (χ1n) is 5.00. The van der Waals surface area contributed by atoms with Crippen LogP contribution in [0.1, 0.15) is 27.8 Å². The molecule has 0 atom stereocenters. The van der Waals surface area contributed by atoms with E-state index in [0.717, 1.165) is 0 Å². The van der Waals surface area contributed by atoms with E-state index in [1.807, 2.05) is 0 Å². The first-order valence-corrected chi connectivity index (χ1v) is 5.00. The Morgan fingerprint density at radius 1 is 1.18 bits per heavy atom. The van der Waals surface area contributed by atoms with Gasteiger partial charge in [0.15, 0.2) is 11.5 Å². The molecule has 0 spiro atoms. The number of hydrogen-bond acceptors (Lipinski definition) is 5. The first-order chi connectivity index (χ1) is 8.15. The maximum absolute atomic E-state index is 11.6. The van der Waals surface area contributed by atoms with Crippen LogP contribution in [0.4, 0.5) is 0 Å². The molecule has 0 saturated carbocycles. The average Bonchev–Trinajstić information content (AvgIpc) is 2.36. The lowest BCUT2D eigenvalue weighted by Gasteiger charge is -2.06. The lowest BCUT2D eigenvalue weighted by Crippen LogP contribution is -2.13. The van der Waals surface area contributed by atoms with Crippen LogP contribution in [-0.4, -0.2) is 29.1 Å². The van der Waals surface area contributed by atoms with Gasteiger partial charge in [-0.1, -0.05) is 18.2 Å². The van der Waals surface area contributed by atoms with Crippen molar-refractivity contribution in [2.24, 2.45) is 0 Å². The number of Topliss-reactive ketones (excluding diaryl/α,β-unsaturated/α-hetero) is 1. The Balaban J connectivity index is 2.82. The first kappa shape index (κ1) is 11.2. The molecule has 17 heavy (non-hydrogen) atoms. The van der Waals surface area contributed by atoms with E-state index in [4.69, 9.17) is 0 Å². The normalized spacial score (nSPS) is 10.2. The van der Waals surface area contributed by atoms with Crippen molar-refractivity contribution in [1.82, 2.24) is 10.2 Å². The average molecular weight is 230 g/mol. The number of nitrogens with zero attached hydrogens (tertiary/aromatic N) is 2. The minimum atomic E-state index is -0.659. The van der Waals surface area contributed by atoms with Gasteiger partial charge in [-0.3, -0.25) is 4.79 Å². The number of ketones is 1. The Kier molecular flexibility index (Phi) is 2.82. The van der Waals surface area contributed by atoms with Gasteiger partial charge in [0.1, 0.15) is 0 Å². The summed E-state index contributed by atoms with van der Waals surface area (Å²) in [4.78, 5) is 23.1. The highest BCUT2D eigenvalue weighted by molar-refractivity contribution is 6.12. The molecular weight excluding hydrogens is 220 g/mol.